The molecule has 22 heavy (non-hydrogen) atoms. The maximum absolute atomic E-state index is 12.0. The summed E-state index contributed by atoms with van der Waals surface area (Å²) < 4.78 is 5.36. The molecule has 1 saturated heterocycles. The van der Waals surface area contributed by atoms with Gasteiger partial charge in [-0.1, -0.05) is 0 Å². The predicted octanol–water partition coefficient (Wildman–Crippen LogP) is 1.83. The summed E-state index contributed by atoms with van der Waals surface area (Å²) in [6, 6.07) is 0. The molecule has 0 bridgehead atoms. The number of hydrogen-bond donors (Lipinski definition) is 1. The SMILES string of the molecule is CC(C)(C)OC(=O)N1CCN(c2nc(CC(=O)O)cs2)CC1. The minimum atomic E-state index is -0.883. The van der Waals surface area contributed by atoms with Crippen molar-refractivity contribution in [3.05, 3.63) is 11.1 Å². The van der Waals surface area contributed by atoms with Crippen LogP contribution in [0.1, 0.15) is 26.5 Å². The molecule has 1 N–H and O–H groups in total. The Labute approximate surface area is 133 Å². The van der Waals surface area contributed by atoms with E-state index in [4.69, 9.17) is 9.84 Å². The minimum Gasteiger partial charge on any atom is -0.481 e. The van der Waals surface area contributed by atoms with E-state index in [0.29, 0.717) is 31.9 Å². The molecule has 7 nitrogen and oxygen atoms in total. The predicted molar refractivity (Wildman–Crippen MR) is 83.5 cm³/mol. The second kappa shape index (κ2) is 6.51. The summed E-state index contributed by atoms with van der Waals surface area (Å²) >= 11 is 1.43. The Morgan fingerprint density at radius 1 is 1.32 bits per heavy atom. The highest BCUT2D eigenvalue weighted by atomic mass is 32.1. The number of piperazine rings is 1. The average Bonchev–Trinajstić information content (AvgIpc) is 2.84. The molecule has 0 unspecified atom stereocenters. The lowest BCUT2D eigenvalue weighted by Crippen LogP contribution is -2.50. The van der Waals surface area contributed by atoms with Gasteiger partial charge in [0.1, 0.15) is 5.60 Å². The van der Waals surface area contributed by atoms with Gasteiger partial charge < -0.3 is 19.6 Å². The van der Waals surface area contributed by atoms with Gasteiger partial charge in [-0.2, -0.15) is 0 Å². The topological polar surface area (TPSA) is 83.0 Å². The van der Waals surface area contributed by atoms with Crippen LogP contribution in [0, 0.1) is 0 Å². The van der Waals surface area contributed by atoms with Crippen molar-refractivity contribution in [1.29, 1.82) is 0 Å². The molecule has 0 saturated carbocycles. The molecule has 1 amide bonds. The van der Waals surface area contributed by atoms with Crippen LogP contribution in [0.3, 0.4) is 0 Å². The highest BCUT2D eigenvalue weighted by Gasteiger charge is 2.26. The van der Waals surface area contributed by atoms with Crippen molar-refractivity contribution in [2.45, 2.75) is 32.8 Å². The molecule has 1 aliphatic rings. The van der Waals surface area contributed by atoms with Gasteiger partial charge in [-0.15, -0.1) is 11.3 Å². The van der Waals surface area contributed by atoms with Gasteiger partial charge in [0.15, 0.2) is 5.13 Å². The number of ether oxygens (including phenoxy) is 1. The molecule has 0 radical (unpaired) electrons. The van der Waals surface area contributed by atoms with Gasteiger partial charge in [0.05, 0.1) is 12.1 Å². The van der Waals surface area contributed by atoms with Crippen LogP contribution >= 0.6 is 11.3 Å². The summed E-state index contributed by atoms with van der Waals surface area (Å²) in [4.78, 5) is 30.8. The lowest BCUT2D eigenvalue weighted by Gasteiger charge is -2.35. The van der Waals surface area contributed by atoms with Crippen molar-refractivity contribution in [1.82, 2.24) is 9.88 Å². The maximum Gasteiger partial charge on any atom is 0.410 e. The third-order valence-electron chi connectivity index (χ3n) is 3.07. The highest BCUT2D eigenvalue weighted by Crippen LogP contribution is 2.22. The zero-order valence-corrected chi connectivity index (χ0v) is 13.9. The molecule has 1 aromatic rings. The van der Waals surface area contributed by atoms with Gasteiger partial charge in [-0.05, 0) is 20.8 Å². The van der Waals surface area contributed by atoms with Crippen molar-refractivity contribution in [2.75, 3.05) is 31.1 Å². The van der Waals surface area contributed by atoms with Crippen LogP contribution in [-0.4, -0.2) is 58.8 Å². The fourth-order valence-corrected chi connectivity index (χ4v) is 2.96. The zero-order valence-electron chi connectivity index (χ0n) is 13.0. The van der Waals surface area contributed by atoms with Crippen molar-refractivity contribution in [3.8, 4) is 0 Å². The number of carbonyl (C=O) groups excluding carboxylic acids is 1. The van der Waals surface area contributed by atoms with E-state index in [2.05, 4.69) is 9.88 Å². The van der Waals surface area contributed by atoms with Crippen LogP contribution in [0.2, 0.25) is 0 Å². The largest absolute Gasteiger partial charge is 0.481 e. The second-order valence-electron chi connectivity index (χ2n) is 6.15. The number of rotatable bonds is 3. The number of aromatic nitrogens is 1. The number of thiazole rings is 1. The number of hydrogen-bond acceptors (Lipinski definition) is 6. The Hall–Kier alpha value is -1.83. The monoisotopic (exact) mass is 327 g/mol. The van der Waals surface area contributed by atoms with Crippen molar-refractivity contribution < 1.29 is 19.4 Å². The molecule has 1 fully saturated rings. The summed E-state index contributed by atoms with van der Waals surface area (Å²) in [6.07, 6.45) is -0.355. The Balaban J connectivity index is 1.88. The Morgan fingerprint density at radius 2 is 1.95 bits per heavy atom. The molecule has 2 heterocycles. The number of carboxylic acid groups (broad SMARTS) is 1. The summed E-state index contributed by atoms with van der Waals surface area (Å²) in [6.45, 7) is 8.02. The van der Waals surface area contributed by atoms with Gasteiger partial charge in [0.25, 0.3) is 0 Å². The first-order valence-electron chi connectivity index (χ1n) is 7.14. The highest BCUT2D eigenvalue weighted by molar-refractivity contribution is 7.13. The van der Waals surface area contributed by atoms with E-state index >= 15 is 0 Å². The van der Waals surface area contributed by atoms with Crippen LogP contribution in [0.4, 0.5) is 9.93 Å². The second-order valence-corrected chi connectivity index (χ2v) is 6.98. The number of carbonyl (C=O) groups is 2. The number of carboxylic acids is 1. The molecule has 8 heteroatoms. The number of anilines is 1. The smallest absolute Gasteiger partial charge is 0.410 e. The zero-order chi connectivity index (χ0) is 16.3. The van der Waals surface area contributed by atoms with Crippen LogP contribution in [0.15, 0.2) is 5.38 Å². The van der Waals surface area contributed by atoms with E-state index < -0.39 is 11.6 Å². The lowest BCUT2D eigenvalue weighted by atomic mass is 10.2. The first-order valence-corrected chi connectivity index (χ1v) is 8.01. The molecule has 1 aliphatic heterocycles. The number of amides is 1. The molecule has 2 rings (SSSR count). The van der Waals surface area contributed by atoms with Crippen molar-refractivity contribution in [2.24, 2.45) is 0 Å². The van der Waals surface area contributed by atoms with Crippen LogP contribution < -0.4 is 4.90 Å². The van der Waals surface area contributed by atoms with E-state index in [-0.39, 0.29) is 12.5 Å². The van der Waals surface area contributed by atoms with Crippen molar-refractivity contribution in [3.63, 3.8) is 0 Å². The van der Waals surface area contributed by atoms with Gasteiger partial charge in [0, 0.05) is 31.6 Å². The molecule has 1 aromatic heterocycles. The molecular weight excluding hydrogens is 306 g/mol. The van der Waals surface area contributed by atoms with Gasteiger partial charge >= 0.3 is 12.1 Å². The minimum absolute atomic E-state index is 0.0611. The molecule has 0 atom stereocenters. The van der Waals surface area contributed by atoms with Gasteiger partial charge in [-0.25, -0.2) is 9.78 Å². The Morgan fingerprint density at radius 3 is 2.50 bits per heavy atom. The van der Waals surface area contributed by atoms with Gasteiger partial charge in [0.2, 0.25) is 0 Å². The van der Waals surface area contributed by atoms with Crippen LogP contribution in [0.25, 0.3) is 0 Å². The normalized spacial score (nSPS) is 15.8. The van der Waals surface area contributed by atoms with Crippen LogP contribution in [0.5, 0.6) is 0 Å². The summed E-state index contributed by atoms with van der Waals surface area (Å²) in [7, 11) is 0. The maximum atomic E-state index is 12.0. The lowest BCUT2D eigenvalue weighted by molar-refractivity contribution is -0.136. The fraction of sp³-hybridized carbons (Fsp3) is 0.643. The summed E-state index contributed by atoms with van der Waals surface area (Å²) in [5.74, 6) is -0.883. The third-order valence-corrected chi connectivity index (χ3v) is 4.02. The summed E-state index contributed by atoms with van der Waals surface area (Å²) in [5.41, 5.74) is 0.0805. The van der Waals surface area contributed by atoms with Crippen molar-refractivity contribution >= 4 is 28.5 Å². The average molecular weight is 327 g/mol. The Bertz CT molecular complexity index is 545. The fourth-order valence-electron chi connectivity index (χ4n) is 2.08. The molecule has 0 aliphatic carbocycles. The van der Waals surface area contributed by atoms with E-state index in [1.165, 1.54) is 11.3 Å². The first-order chi connectivity index (χ1) is 10.2. The first kappa shape index (κ1) is 16.5. The van der Waals surface area contributed by atoms with E-state index in [9.17, 15) is 9.59 Å². The van der Waals surface area contributed by atoms with E-state index in [1.807, 2.05) is 20.8 Å². The molecular formula is C14H21N3O4S. The van der Waals surface area contributed by atoms with Gasteiger partial charge in [-0.3, -0.25) is 4.79 Å². The number of nitrogens with zero attached hydrogens (tertiary/aromatic N) is 3. The molecule has 122 valence electrons. The Kier molecular flexibility index (Phi) is 4.90. The van der Waals surface area contributed by atoms with E-state index in [0.717, 1.165) is 5.13 Å². The number of aliphatic carboxylic acids is 1. The van der Waals surface area contributed by atoms with Crippen LogP contribution in [-0.2, 0) is 16.0 Å². The molecule has 0 aromatic carbocycles. The summed E-state index contributed by atoms with van der Waals surface area (Å²) in [5, 5.41) is 11.3. The third kappa shape index (κ3) is 4.59. The molecule has 0 spiro atoms. The quantitative estimate of drug-likeness (QED) is 0.912. The van der Waals surface area contributed by atoms with E-state index in [1.54, 1.807) is 10.3 Å². The standard InChI is InChI=1S/C14H21N3O4S/c1-14(2,3)21-13(20)17-6-4-16(5-7-17)12-15-10(9-22-12)8-11(18)19/h9H,4-8H2,1-3H3,(H,18,19).